The Labute approximate surface area is 179 Å². The third kappa shape index (κ3) is 12.5. The van der Waals surface area contributed by atoms with Gasteiger partial charge in [-0.1, -0.05) is 0 Å². The fourth-order valence-corrected chi connectivity index (χ4v) is 2.43. The molecule has 0 radical (unpaired) electrons. The van der Waals surface area contributed by atoms with Gasteiger partial charge in [-0.2, -0.15) is 0 Å². The minimum absolute atomic E-state index is 0.0277. The van der Waals surface area contributed by atoms with E-state index in [9.17, 15) is 44.6 Å². The first-order valence-corrected chi connectivity index (χ1v) is 9.82. The number of nitrogens with one attached hydrogen (secondary N) is 2. The third-order valence-electron chi connectivity index (χ3n) is 4.27. The van der Waals surface area contributed by atoms with Gasteiger partial charge in [0.05, 0.1) is 19.4 Å². The van der Waals surface area contributed by atoms with Crippen LogP contribution < -0.4 is 10.6 Å². The Morgan fingerprint density at radius 3 is 1.58 bits per heavy atom. The molecule has 0 heterocycles. The Hall–Kier alpha value is -2.77. The number of amides is 4. The summed E-state index contributed by atoms with van der Waals surface area (Å²) in [5.74, 6) is -4.31. The minimum atomic E-state index is -2.59. The van der Waals surface area contributed by atoms with Crippen LogP contribution in [0.25, 0.3) is 0 Å². The molecule has 13 heteroatoms. The summed E-state index contributed by atoms with van der Waals surface area (Å²) in [7, 11) is 0. The molecule has 0 fully saturated rings. The van der Waals surface area contributed by atoms with Crippen LogP contribution in [0.1, 0.15) is 52.4 Å². The molecule has 1 unspecified atom stereocenters. The normalized spacial score (nSPS) is 12.4. The van der Waals surface area contributed by atoms with Crippen molar-refractivity contribution in [1.29, 1.82) is 0 Å². The summed E-state index contributed by atoms with van der Waals surface area (Å²) in [6, 6.07) is 0. The quantitative estimate of drug-likeness (QED) is 0.102. The van der Waals surface area contributed by atoms with Gasteiger partial charge in [-0.25, -0.2) is 14.9 Å². The first kappa shape index (κ1) is 28.2. The highest BCUT2D eigenvalue weighted by Gasteiger charge is 2.40. The molecule has 0 saturated carbocycles. The van der Waals surface area contributed by atoms with Gasteiger partial charge in [0.25, 0.3) is 0 Å². The molecule has 4 amide bonds. The van der Waals surface area contributed by atoms with Crippen LogP contribution in [0.2, 0.25) is 0 Å². The van der Waals surface area contributed by atoms with E-state index < -0.39 is 48.0 Å². The van der Waals surface area contributed by atoms with Crippen molar-refractivity contribution in [3.63, 3.8) is 0 Å². The van der Waals surface area contributed by atoms with Gasteiger partial charge in [-0.3, -0.25) is 29.6 Å². The van der Waals surface area contributed by atoms with Gasteiger partial charge in [0.1, 0.15) is 0 Å². The van der Waals surface area contributed by atoms with Crippen molar-refractivity contribution in [1.82, 2.24) is 20.8 Å². The van der Waals surface area contributed by atoms with Gasteiger partial charge >= 0.3 is 5.97 Å². The number of aliphatic hydroxyl groups is 1. The summed E-state index contributed by atoms with van der Waals surface area (Å²) >= 11 is 0. The van der Waals surface area contributed by atoms with Crippen LogP contribution in [0.3, 0.4) is 0 Å². The number of carboxylic acids is 1. The summed E-state index contributed by atoms with van der Waals surface area (Å²) in [5.41, 5.74) is -2.59. The Balaban J connectivity index is 4.29. The number of nitrogens with zero attached hydrogens (tertiary/aromatic N) is 2. The maximum absolute atomic E-state index is 11.9. The zero-order valence-electron chi connectivity index (χ0n) is 17.8. The number of carbonyl (C=O) groups is 5. The van der Waals surface area contributed by atoms with Gasteiger partial charge in [-0.05, 0) is 25.7 Å². The number of aliphatic carboxylic acids is 1. The largest absolute Gasteiger partial charge is 0.479 e. The number of hydroxylamine groups is 4. The molecule has 0 aromatic rings. The van der Waals surface area contributed by atoms with Crippen molar-refractivity contribution in [2.45, 2.75) is 58.0 Å². The van der Waals surface area contributed by atoms with Crippen LogP contribution in [-0.4, -0.2) is 92.1 Å². The Morgan fingerprint density at radius 1 is 0.742 bits per heavy atom. The minimum Gasteiger partial charge on any atom is -0.479 e. The lowest BCUT2D eigenvalue weighted by Gasteiger charge is -2.22. The average molecular weight is 448 g/mol. The van der Waals surface area contributed by atoms with Crippen LogP contribution in [0.5, 0.6) is 0 Å². The first-order chi connectivity index (χ1) is 14.4. The van der Waals surface area contributed by atoms with Gasteiger partial charge in [-0.15, -0.1) is 0 Å². The lowest BCUT2D eigenvalue weighted by molar-refractivity contribution is -0.164. The fourth-order valence-electron chi connectivity index (χ4n) is 2.43. The highest BCUT2D eigenvalue weighted by molar-refractivity contribution is 5.91. The van der Waals surface area contributed by atoms with Crippen molar-refractivity contribution in [2.75, 3.05) is 26.2 Å². The second-order valence-electron chi connectivity index (χ2n) is 7.09. The van der Waals surface area contributed by atoms with Crippen LogP contribution >= 0.6 is 0 Å². The van der Waals surface area contributed by atoms with Gasteiger partial charge < -0.3 is 20.8 Å². The number of hydrogen-bond donors (Lipinski definition) is 6. The van der Waals surface area contributed by atoms with E-state index in [1.54, 1.807) is 0 Å². The molecule has 1 atom stereocenters. The topological polar surface area (TPSA) is 197 Å². The monoisotopic (exact) mass is 448 g/mol. The summed E-state index contributed by atoms with van der Waals surface area (Å²) in [6.07, 6.45) is 0.137. The SMILES string of the molecule is CC(=O)N(O)CCCCCNC(=O)CC(O)(CC(=O)NCCCN(O)C(C)=O)C(=O)O. The molecule has 0 aromatic heterocycles. The van der Waals surface area contributed by atoms with Crippen molar-refractivity contribution in [3.05, 3.63) is 0 Å². The molecule has 6 N–H and O–H groups in total. The summed E-state index contributed by atoms with van der Waals surface area (Å²) < 4.78 is 0. The molecule has 178 valence electrons. The van der Waals surface area contributed by atoms with Crippen molar-refractivity contribution >= 4 is 29.6 Å². The molecule has 31 heavy (non-hydrogen) atoms. The number of hydrogen-bond acceptors (Lipinski definition) is 8. The van der Waals surface area contributed by atoms with Crippen molar-refractivity contribution in [3.8, 4) is 0 Å². The van der Waals surface area contributed by atoms with Crippen molar-refractivity contribution < 1.29 is 44.6 Å². The van der Waals surface area contributed by atoms with E-state index in [2.05, 4.69) is 10.6 Å². The summed E-state index contributed by atoms with van der Waals surface area (Å²) in [4.78, 5) is 56.9. The van der Waals surface area contributed by atoms with E-state index in [-0.39, 0.29) is 32.6 Å². The highest BCUT2D eigenvalue weighted by Crippen LogP contribution is 2.16. The molecule has 0 aliphatic heterocycles. The summed E-state index contributed by atoms with van der Waals surface area (Å²) in [6.45, 7) is 2.73. The van der Waals surface area contributed by atoms with Gasteiger partial charge in [0.15, 0.2) is 5.60 Å². The molecule has 0 aromatic carbocycles. The van der Waals surface area contributed by atoms with Crippen LogP contribution in [0.4, 0.5) is 0 Å². The molecule has 13 nitrogen and oxygen atoms in total. The van der Waals surface area contributed by atoms with E-state index in [0.29, 0.717) is 29.4 Å². The average Bonchev–Trinajstić information content (AvgIpc) is 2.66. The van der Waals surface area contributed by atoms with E-state index in [4.69, 9.17) is 0 Å². The second-order valence-corrected chi connectivity index (χ2v) is 7.09. The second kappa shape index (κ2) is 14.3. The molecule has 0 rings (SSSR count). The van der Waals surface area contributed by atoms with E-state index in [0.717, 1.165) is 6.92 Å². The zero-order valence-corrected chi connectivity index (χ0v) is 17.8. The van der Waals surface area contributed by atoms with E-state index >= 15 is 0 Å². The zero-order chi connectivity index (χ0) is 24.0. The Morgan fingerprint density at radius 2 is 1.16 bits per heavy atom. The fraction of sp³-hybridized carbons (Fsp3) is 0.722. The Bertz CT molecular complexity index is 644. The van der Waals surface area contributed by atoms with Crippen molar-refractivity contribution in [2.24, 2.45) is 0 Å². The molecular formula is C18H32N4O9. The number of carboxylic acid groups (broad SMARTS) is 1. The standard InChI is InChI=1S/C18H32N4O9/c1-13(23)21(30)9-5-3-4-7-19-15(25)11-18(29,17(27)28)12-16(26)20-8-6-10-22(31)14(2)24/h29-31H,3-12H2,1-2H3,(H,19,25)(H,20,26)(H,27,28). The molecule has 0 spiro atoms. The number of carbonyl (C=O) groups excluding carboxylic acids is 4. The third-order valence-corrected chi connectivity index (χ3v) is 4.27. The van der Waals surface area contributed by atoms with Crippen LogP contribution in [0.15, 0.2) is 0 Å². The lowest BCUT2D eigenvalue weighted by Crippen LogP contribution is -2.47. The molecule has 0 aliphatic rings. The maximum atomic E-state index is 11.9. The molecular weight excluding hydrogens is 416 g/mol. The lowest BCUT2D eigenvalue weighted by atomic mass is 9.94. The van der Waals surface area contributed by atoms with E-state index in [1.165, 1.54) is 6.92 Å². The van der Waals surface area contributed by atoms with Gasteiger partial charge in [0.2, 0.25) is 23.6 Å². The smallest absolute Gasteiger partial charge is 0.336 e. The van der Waals surface area contributed by atoms with Crippen LogP contribution in [-0.2, 0) is 24.0 Å². The predicted octanol–water partition coefficient (Wildman–Crippen LogP) is -1.15. The maximum Gasteiger partial charge on any atom is 0.336 e. The molecule has 0 saturated heterocycles. The predicted molar refractivity (Wildman–Crippen MR) is 105 cm³/mol. The van der Waals surface area contributed by atoms with E-state index in [1.807, 2.05) is 0 Å². The first-order valence-electron chi connectivity index (χ1n) is 9.82. The Kier molecular flexibility index (Phi) is 13.0. The number of rotatable bonds is 15. The molecule has 0 bridgehead atoms. The van der Waals surface area contributed by atoms with Gasteiger partial charge in [0, 0.05) is 33.5 Å². The molecule has 0 aliphatic carbocycles. The highest BCUT2D eigenvalue weighted by atomic mass is 16.5. The summed E-state index contributed by atoms with van der Waals surface area (Å²) in [5, 5.41) is 43.7. The van der Waals surface area contributed by atoms with Crippen LogP contribution in [0, 0.1) is 0 Å². The number of unbranched alkanes of at least 4 members (excludes halogenated alkanes) is 2.